The van der Waals surface area contributed by atoms with Crippen LogP contribution < -0.4 is 5.32 Å². The van der Waals surface area contributed by atoms with Crippen LogP contribution in [0.3, 0.4) is 0 Å². The highest BCUT2D eigenvalue weighted by Gasteiger charge is 2.37. The minimum absolute atomic E-state index is 0. The van der Waals surface area contributed by atoms with E-state index < -0.39 is 0 Å². The number of piperidine rings is 1. The summed E-state index contributed by atoms with van der Waals surface area (Å²) in [5.41, 5.74) is 2.68. The summed E-state index contributed by atoms with van der Waals surface area (Å²) in [6.07, 6.45) is 4.49. The number of hydrogen-bond donors (Lipinski definition) is 1. The predicted molar refractivity (Wildman–Crippen MR) is 90.4 cm³/mol. The summed E-state index contributed by atoms with van der Waals surface area (Å²) >= 11 is 0. The quantitative estimate of drug-likeness (QED) is 0.862. The summed E-state index contributed by atoms with van der Waals surface area (Å²) in [7, 11) is 0. The number of amides is 1. The highest BCUT2D eigenvalue weighted by atomic mass is 35.5. The van der Waals surface area contributed by atoms with Crippen LogP contribution in [0.4, 0.5) is 0 Å². The molecule has 4 rings (SSSR count). The Morgan fingerprint density at radius 3 is 2.86 bits per heavy atom. The molecule has 120 valence electrons. The zero-order chi connectivity index (χ0) is 14.2. The Morgan fingerprint density at radius 2 is 1.95 bits per heavy atom. The predicted octanol–water partition coefficient (Wildman–Crippen LogP) is 2.60. The lowest BCUT2D eigenvalue weighted by atomic mass is 9.81. The van der Waals surface area contributed by atoms with Crippen molar-refractivity contribution >= 4 is 18.3 Å². The second kappa shape index (κ2) is 6.59. The fraction of sp³-hybridized carbons (Fsp3) is 0.611. The van der Waals surface area contributed by atoms with Gasteiger partial charge in [0.25, 0.3) is 0 Å². The van der Waals surface area contributed by atoms with Crippen LogP contribution in [0.5, 0.6) is 0 Å². The SMILES string of the molecule is Cl.O=C(C1CCCc2ccccc21)N1CCC2CNCC2C1. The molecule has 3 unspecified atom stereocenters. The maximum Gasteiger partial charge on any atom is 0.230 e. The Labute approximate surface area is 138 Å². The van der Waals surface area contributed by atoms with Crippen LogP contribution in [0, 0.1) is 11.8 Å². The molecule has 2 heterocycles. The first kappa shape index (κ1) is 15.8. The number of aryl methyl sites for hydroxylation is 1. The molecule has 1 amide bonds. The number of nitrogens with zero attached hydrogens (tertiary/aromatic N) is 1. The molecule has 0 radical (unpaired) electrons. The average Bonchev–Trinajstić information content (AvgIpc) is 3.01. The molecule has 2 saturated heterocycles. The van der Waals surface area contributed by atoms with Crippen LogP contribution in [0.2, 0.25) is 0 Å². The molecule has 0 saturated carbocycles. The molecule has 1 N–H and O–H groups in total. The Hall–Kier alpha value is -1.06. The molecule has 1 aromatic rings. The zero-order valence-electron chi connectivity index (χ0n) is 13.0. The normalized spacial score (nSPS) is 30.2. The number of carbonyl (C=O) groups excluding carboxylic acids is 1. The first-order chi connectivity index (χ1) is 10.3. The van der Waals surface area contributed by atoms with Crippen molar-refractivity contribution in [1.29, 1.82) is 0 Å². The van der Waals surface area contributed by atoms with Crippen molar-refractivity contribution in [3.05, 3.63) is 35.4 Å². The van der Waals surface area contributed by atoms with Gasteiger partial charge in [-0.15, -0.1) is 12.4 Å². The van der Waals surface area contributed by atoms with Crippen molar-refractivity contribution in [2.45, 2.75) is 31.6 Å². The number of likely N-dealkylation sites (tertiary alicyclic amines) is 1. The molecule has 0 aromatic heterocycles. The summed E-state index contributed by atoms with van der Waals surface area (Å²) in [4.78, 5) is 15.2. The Bertz CT molecular complexity index is 548. The van der Waals surface area contributed by atoms with Gasteiger partial charge in [0.15, 0.2) is 0 Å². The summed E-state index contributed by atoms with van der Waals surface area (Å²) in [5, 5.41) is 3.48. The smallest absolute Gasteiger partial charge is 0.230 e. The van der Waals surface area contributed by atoms with E-state index in [1.165, 1.54) is 17.5 Å². The second-order valence-electron chi connectivity index (χ2n) is 6.89. The maximum absolute atomic E-state index is 13.0. The number of halogens is 1. The first-order valence-electron chi connectivity index (χ1n) is 8.40. The molecule has 3 nitrogen and oxygen atoms in total. The molecule has 4 heteroatoms. The topological polar surface area (TPSA) is 32.3 Å². The minimum Gasteiger partial charge on any atom is -0.342 e. The molecule has 0 bridgehead atoms. The van der Waals surface area contributed by atoms with E-state index in [1.54, 1.807) is 0 Å². The van der Waals surface area contributed by atoms with Gasteiger partial charge in [-0.05, 0) is 61.7 Å². The fourth-order valence-electron chi connectivity index (χ4n) is 4.47. The van der Waals surface area contributed by atoms with Gasteiger partial charge >= 0.3 is 0 Å². The number of benzene rings is 1. The number of fused-ring (bicyclic) bond motifs is 2. The van der Waals surface area contributed by atoms with E-state index in [0.29, 0.717) is 11.8 Å². The molecule has 3 atom stereocenters. The highest BCUT2D eigenvalue weighted by molar-refractivity contribution is 5.85. The largest absolute Gasteiger partial charge is 0.342 e. The van der Waals surface area contributed by atoms with Crippen LogP contribution in [0.1, 0.15) is 36.3 Å². The van der Waals surface area contributed by atoms with E-state index in [2.05, 4.69) is 34.5 Å². The third-order valence-electron chi connectivity index (χ3n) is 5.68. The van der Waals surface area contributed by atoms with Crippen molar-refractivity contribution in [3.63, 3.8) is 0 Å². The lowest BCUT2D eigenvalue weighted by Crippen LogP contribution is -2.45. The molecule has 1 aromatic carbocycles. The lowest BCUT2D eigenvalue weighted by Gasteiger charge is -2.37. The van der Waals surface area contributed by atoms with Gasteiger partial charge in [0.05, 0.1) is 5.92 Å². The van der Waals surface area contributed by atoms with E-state index in [-0.39, 0.29) is 18.3 Å². The lowest BCUT2D eigenvalue weighted by molar-refractivity contribution is -0.135. The highest BCUT2D eigenvalue weighted by Crippen LogP contribution is 2.35. The minimum atomic E-state index is 0. The number of rotatable bonds is 1. The van der Waals surface area contributed by atoms with Crippen molar-refractivity contribution in [2.24, 2.45) is 11.8 Å². The van der Waals surface area contributed by atoms with Crippen molar-refractivity contribution in [2.75, 3.05) is 26.2 Å². The van der Waals surface area contributed by atoms with Gasteiger partial charge in [-0.2, -0.15) is 0 Å². The van der Waals surface area contributed by atoms with Gasteiger partial charge in [-0.3, -0.25) is 4.79 Å². The molecular weight excluding hydrogens is 296 g/mol. The molecule has 3 aliphatic rings. The first-order valence-corrected chi connectivity index (χ1v) is 8.40. The molecule has 0 spiro atoms. The van der Waals surface area contributed by atoms with E-state index in [9.17, 15) is 4.79 Å². The third kappa shape index (κ3) is 2.77. The number of nitrogens with one attached hydrogen (secondary N) is 1. The van der Waals surface area contributed by atoms with E-state index in [0.717, 1.165) is 51.4 Å². The van der Waals surface area contributed by atoms with E-state index >= 15 is 0 Å². The van der Waals surface area contributed by atoms with Gasteiger partial charge in [-0.25, -0.2) is 0 Å². The van der Waals surface area contributed by atoms with Crippen molar-refractivity contribution < 1.29 is 4.79 Å². The molecule has 2 fully saturated rings. The molecule has 1 aliphatic carbocycles. The van der Waals surface area contributed by atoms with Gasteiger partial charge in [0, 0.05) is 13.1 Å². The molecule has 2 aliphatic heterocycles. The Balaban J connectivity index is 0.00000144. The van der Waals surface area contributed by atoms with Gasteiger partial charge in [0.2, 0.25) is 5.91 Å². The maximum atomic E-state index is 13.0. The zero-order valence-corrected chi connectivity index (χ0v) is 13.8. The molecular formula is C18H25ClN2O. The monoisotopic (exact) mass is 320 g/mol. The van der Waals surface area contributed by atoms with E-state index in [1.807, 2.05) is 0 Å². The summed E-state index contributed by atoms with van der Waals surface area (Å²) in [5.74, 6) is 1.97. The number of carbonyl (C=O) groups is 1. The number of hydrogen-bond acceptors (Lipinski definition) is 2. The second-order valence-corrected chi connectivity index (χ2v) is 6.89. The standard InChI is InChI=1S/C18H24N2O.ClH/c21-18(20-9-8-14-10-19-11-15(14)12-20)17-7-3-5-13-4-1-2-6-16(13)17;/h1-2,4,6,14-15,17,19H,3,5,7-12H2;1H. The summed E-state index contributed by atoms with van der Waals surface area (Å²) in [6, 6.07) is 8.54. The van der Waals surface area contributed by atoms with Gasteiger partial charge in [-0.1, -0.05) is 24.3 Å². The summed E-state index contributed by atoms with van der Waals surface area (Å²) in [6.45, 7) is 4.17. The average molecular weight is 321 g/mol. The third-order valence-corrected chi connectivity index (χ3v) is 5.68. The van der Waals surface area contributed by atoms with Crippen LogP contribution >= 0.6 is 12.4 Å². The van der Waals surface area contributed by atoms with Gasteiger partial charge in [0.1, 0.15) is 0 Å². The fourth-order valence-corrected chi connectivity index (χ4v) is 4.47. The van der Waals surface area contributed by atoms with Crippen LogP contribution in [0.15, 0.2) is 24.3 Å². The van der Waals surface area contributed by atoms with Crippen LogP contribution in [-0.4, -0.2) is 37.0 Å². The van der Waals surface area contributed by atoms with Crippen LogP contribution in [-0.2, 0) is 11.2 Å². The molecule has 22 heavy (non-hydrogen) atoms. The van der Waals surface area contributed by atoms with Crippen LogP contribution in [0.25, 0.3) is 0 Å². The van der Waals surface area contributed by atoms with Gasteiger partial charge < -0.3 is 10.2 Å². The van der Waals surface area contributed by atoms with Crippen molar-refractivity contribution in [1.82, 2.24) is 10.2 Å². The van der Waals surface area contributed by atoms with Crippen molar-refractivity contribution in [3.8, 4) is 0 Å². The van der Waals surface area contributed by atoms with E-state index in [4.69, 9.17) is 0 Å². The summed E-state index contributed by atoms with van der Waals surface area (Å²) < 4.78 is 0. The Morgan fingerprint density at radius 1 is 1.14 bits per heavy atom. The Kier molecular flexibility index (Phi) is 4.74.